The first-order chi connectivity index (χ1) is 15.2. The number of ether oxygens (including phenoxy) is 2. The molecule has 2 aromatic heterocycles. The van der Waals surface area contributed by atoms with E-state index in [4.69, 9.17) is 21.1 Å². The minimum atomic E-state index is -1.12. The number of aliphatic hydroxyl groups is 2. The van der Waals surface area contributed by atoms with Gasteiger partial charge in [-0.15, -0.1) is 0 Å². The van der Waals surface area contributed by atoms with E-state index in [1.807, 2.05) is 0 Å². The summed E-state index contributed by atoms with van der Waals surface area (Å²) >= 11 is 6.35. The molecular weight excluding hydrogens is 439 g/mol. The molecule has 0 saturated carbocycles. The predicted octanol–water partition coefficient (Wildman–Crippen LogP) is 3.00. The highest BCUT2D eigenvalue weighted by Gasteiger charge is 2.43. The van der Waals surface area contributed by atoms with Crippen LogP contribution in [0.1, 0.15) is 25.8 Å². The maximum Gasteiger partial charge on any atom is 0.223 e. The number of hydrogen-bond acceptors (Lipinski definition) is 8. The summed E-state index contributed by atoms with van der Waals surface area (Å²) in [5.41, 5.74) is 0.398. The summed E-state index contributed by atoms with van der Waals surface area (Å²) in [4.78, 5) is 12.8. The minimum Gasteiger partial charge on any atom is -0.386 e. The van der Waals surface area contributed by atoms with Gasteiger partial charge in [0.25, 0.3) is 0 Å². The van der Waals surface area contributed by atoms with Crippen molar-refractivity contribution in [2.24, 2.45) is 0 Å². The molecule has 0 radical (unpaired) electrons. The molecule has 2 aliphatic heterocycles. The number of pyridine rings is 1. The number of fused-ring (bicyclic) bond motifs is 3. The topological polar surface area (TPSA) is 110 Å². The van der Waals surface area contributed by atoms with Crippen LogP contribution < -0.4 is 5.32 Å². The van der Waals surface area contributed by atoms with E-state index in [1.54, 1.807) is 26.0 Å². The van der Waals surface area contributed by atoms with Crippen LogP contribution in [0.4, 0.5) is 10.3 Å². The molecule has 5 rings (SSSR count). The largest absolute Gasteiger partial charge is 0.386 e. The van der Waals surface area contributed by atoms with Gasteiger partial charge in [0, 0.05) is 22.7 Å². The first-order valence-electron chi connectivity index (χ1n) is 10.3. The highest BCUT2D eigenvalue weighted by molar-refractivity contribution is 6.33. The average Bonchev–Trinajstić information content (AvgIpc) is 3.15. The van der Waals surface area contributed by atoms with Gasteiger partial charge in [0.1, 0.15) is 17.4 Å². The number of aliphatic hydroxyl groups excluding tert-OH is 1. The second-order valence-corrected chi connectivity index (χ2v) is 9.05. The molecule has 168 valence electrons. The lowest BCUT2D eigenvalue weighted by Gasteiger charge is -2.32. The molecule has 4 atom stereocenters. The van der Waals surface area contributed by atoms with E-state index in [1.165, 1.54) is 18.5 Å². The zero-order valence-corrected chi connectivity index (χ0v) is 18.2. The average molecular weight is 461 g/mol. The van der Waals surface area contributed by atoms with Gasteiger partial charge < -0.3 is 25.0 Å². The normalized spacial score (nSPS) is 25.3. The zero-order chi connectivity index (χ0) is 22.6. The molecule has 1 aromatic carbocycles. The minimum absolute atomic E-state index is 0.0975. The van der Waals surface area contributed by atoms with Crippen molar-refractivity contribution in [1.82, 2.24) is 15.0 Å². The Labute approximate surface area is 188 Å². The van der Waals surface area contributed by atoms with E-state index >= 15 is 0 Å². The van der Waals surface area contributed by atoms with Crippen LogP contribution in [0.5, 0.6) is 0 Å². The van der Waals surface area contributed by atoms with Gasteiger partial charge in [0.15, 0.2) is 6.29 Å². The first-order valence-corrected chi connectivity index (χ1v) is 10.6. The van der Waals surface area contributed by atoms with E-state index in [2.05, 4.69) is 20.3 Å². The van der Waals surface area contributed by atoms with Gasteiger partial charge in [-0.3, -0.25) is 4.98 Å². The van der Waals surface area contributed by atoms with E-state index < -0.39 is 23.8 Å². The molecule has 0 amide bonds. The monoisotopic (exact) mass is 460 g/mol. The molecule has 2 aliphatic rings. The van der Waals surface area contributed by atoms with Crippen LogP contribution in [-0.4, -0.2) is 56.3 Å². The fourth-order valence-electron chi connectivity index (χ4n) is 4.01. The van der Waals surface area contributed by atoms with E-state index in [-0.39, 0.29) is 28.6 Å². The van der Waals surface area contributed by atoms with Crippen molar-refractivity contribution in [3.05, 3.63) is 47.0 Å². The van der Waals surface area contributed by atoms with Gasteiger partial charge in [0.2, 0.25) is 5.95 Å². The van der Waals surface area contributed by atoms with Crippen molar-refractivity contribution >= 4 is 28.5 Å². The van der Waals surface area contributed by atoms with Crippen molar-refractivity contribution in [1.29, 1.82) is 0 Å². The summed E-state index contributed by atoms with van der Waals surface area (Å²) in [7, 11) is 0. The third kappa shape index (κ3) is 3.91. The summed E-state index contributed by atoms with van der Waals surface area (Å²) in [6, 6.07) is 4.36. The molecule has 2 fully saturated rings. The standard InChI is InChI=1S/C22H22ClFN4O4/c1-22(2,30)12-4-10-3-11(5-15(24)18(10)25-7-12)17-14(23)8-26-21(28-17)27-16-6-13-9-31-20(32-13)19(16)29/h3-5,7-8,13,16,19-20,29-30H,6,9H2,1-2H3,(H,26,27,28)/t13-,16+,19-,20+/m0/s1. The van der Waals surface area contributed by atoms with Crippen molar-refractivity contribution in [2.75, 3.05) is 11.9 Å². The Morgan fingerprint density at radius 2 is 2.03 bits per heavy atom. The van der Waals surface area contributed by atoms with Crippen molar-refractivity contribution in [3.63, 3.8) is 0 Å². The Morgan fingerprint density at radius 3 is 2.81 bits per heavy atom. The third-order valence-corrected chi connectivity index (χ3v) is 6.03. The number of anilines is 1. The summed E-state index contributed by atoms with van der Waals surface area (Å²) in [5.74, 6) is -0.281. The van der Waals surface area contributed by atoms with Crippen molar-refractivity contribution in [3.8, 4) is 11.3 Å². The maximum absolute atomic E-state index is 14.8. The summed E-state index contributed by atoms with van der Waals surface area (Å²) in [5, 5.41) is 24.6. The highest BCUT2D eigenvalue weighted by Crippen LogP contribution is 2.33. The Kier molecular flexibility index (Phi) is 5.26. The van der Waals surface area contributed by atoms with Gasteiger partial charge >= 0.3 is 0 Å². The number of aromatic nitrogens is 3. The van der Waals surface area contributed by atoms with Crippen LogP contribution >= 0.6 is 11.6 Å². The number of hydrogen-bond donors (Lipinski definition) is 3. The number of halogens is 2. The molecular formula is C22H22ClFN4O4. The molecule has 0 aliphatic carbocycles. The molecule has 8 nitrogen and oxygen atoms in total. The molecule has 3 aromatic rings. The third-order valence-electron chi connectivity index (χ3n) is 5.76. The number of nitrogens with one attached hydrogen (secondary N) is 1. The second-order valence-electron chi connectivity index (χ2n) is 8.64. The van der Waals surface area contributed by atoms with Crippen LogP contribution in [0, 0.1) is 5.82 Å². The van der Waals surface area contributed by atoms with Crippen molar-refractivity contribution < 1.29 is 24.1 Å². The molecule has 0 spiro atoms. The fourth-order valence-corrected chi connectivity index (χ4v) is 4.21. The maximum atomic E-state index is 14.8. The summed E-state index contributed by atoms with van der Waals surface area (Å²) in [6.07, 6.45) is 1.78. The van der Waals surface area contributed by atoms with E-state index in [9.17, 15) is 14.6 Å². The molecule has 0 unspecified atom stereocenters. The lowest BCUT2D eigenvalue weighted by atomic mass is 9.98. The highest BCUT2D eigenvalue weighted by atomic mass is 35.5. The van der Waals surface area contributed by atoms with Crippen LogP contribution in [0.15, 0.2) is 30.6 Å². The van der Waals surface area contributed by atoms with E-state index in [0.29, 0.717) is 35.2 Å². The predicted molar refractivity (Wildman–Crippen MR) is 116 cm³/mol. The van der Waals surface area contributed by atoms with Crippen LogP contribution in [-0.2, 0) is 15.1 Å². The van der Waals surface area contributed by atoms with Crippen LogP contribution in [0.2, 0.25) is 5.02 Å². The van der Waals surface area contributed by atoms with Crippen LogP contribution in [0.25, 0.3) is 22.2 Å². The number of nitrogens with zero attached hydrogens (tertiary/aromatic N) is 3. The summed E-state index contributed by atoms with van der Waals surface area (Å²) < 4.78 is 25.8. The SMILES string of the molecule is CC(C)(O)c1cnc2c(F)cc(-c3nc(N[C@@H]4C[C@H]5CO[C@H](O5)[C@H]4O)ncc3Cl)cc2c1. The number of rotatable bonds is 4. The lowest BCUT2D eigenvalue weighted by Crippen LogP contribution is -2.48. The zero-order valence-electron chi connectivity index (χ0n) is 17.4. The van der Waals surface area contributed by atoms with Gasteiger partial charge in [0.05, 0.1) is 41.3 Å². The second kappa shape index (κ2) is 7.86. The molecule has 3 N–H and O–H groups in total. The molecule has 10 heteroatoms. The Bertz CT molecular complexity index is 1190. The lowest BCUT2D eigenvalue weighted by molar-refractivity contribution is -0.156. The Morgan fingerprint density at radius 1 is 1.22 bits per heavy atom. The molecule has 32 heavy (non-hydrogen) atoms. The first kappa shape index (κ1) is 21.4. The Balaban J connectivity index is 1.50. The quantitative estimate of drug-likeness (QED) is 0.545. The van der Waals surface area contributed by atoms with Gasteiger partial charge in [-0.05, 0) is 38.5 Å². The van der Waals surface area contributed by atoms with Crippen LogP contribution in [0.3, 0.4) is 0 Å². The molecule has 2 bridgehead atoms. The van der Waals surface area contributed by atoms with Gasteiger partial charge in [-0.2, -0.15) is 0 Å². The fraction of sp³-hybridized carbons (Fsp3) is 0.409. The smallest absolute Gasteiger partial charge is 0.223 e. The van der Waals surface area contributed by atoms with E-state index in [0.717, 1.165) is 0 Å². The Hall–Kier alpha value is -2.43. The van der Waals surface area contributed by atoms with Crippen molar-refractivity contribution in [2.45, 2.75) is 50.4 Å². The molecule has 2 saturated heterocycles. The molecule has 4 heterocycles. The number of benzene rings is 1. The van der Waals surface area contributed by atoms with Gasteiger partial charge in [-0.25, -0.2) is 14.4 Å². The summed E-state index contributed by atoms with van der Waals surface area (Å²) in [6.45, 7) is 3.71. The van der Waals surface area contributed by atoms with Gasteiger partial charge in [-0.1, -0.05) is 11.6 Å².